The maximum Gasteiger partial charge on any atom is 0.0790 e. The van der Waals surface area contributed by atoms with Crippen molar-refractivity contribution >= 4 is 11.6 Å². The van der Waals surface area contributed by atoms with Gasteiger partial charge in [-0.1, -0.05) is 11.6 Å². The highest BCUT2D eigenvalue weighted by molar-refractivity contribution is 6.30. The van der Waals surface area contributed by atoms with E-state index in [0.29, 0.717) is 11.6 Å². The van der Waals surface area contributed by atoms with Crippen LogP contribution >= 0.6 is 11.6 Å². The Bertz CT molecular complexity index is 519. The van der Waals surface area contributed by atoms with E-state index in [4.69, 9.17) is 17.3 Å². The molecule has 0 unspecified atom stereocenters. The second-order valence-electron chi connectivity index (χ2n) is 3.65. The van der Waals surface area contributed by atoms with Crippen LogP contribution in [0.3, 0.4) is 0 Å². The van der Waals surface area contributed by atoms with Crippen molar-refractivity contribution in [3.05, 3.63) is 40.4 Å². The smallest absolute Gasteiger partial charge is 0.0790 e. The lowest BCUT2D eigenvalue weighted by Crippen LogP contribution is -2.09. The Kier molecular flexibility index (Phi) is 2.94. The summed E-state index contributed by atoms with van der Waals surface area (Å²) in [7, 11) is 0. The predicted octanol–water partition coefficient (Wildman–Crippen LogP) is 2.00. The van der Waals surface area contributed by atoms with Gasteiger partial charge in [-0.2, -0.15) is 5.10 Å². The van der Waals surface area contributed by atoms with E-state index < -0.39 is 0 Å². The molecule has 2 rings (SSSR count). The molecular weight excluding hydrogens is 224 g/mol. The summed E-state index contributed by atoms with van der Waals surface area (Å²) in [4.78, 5) is 4.38. The van der Waals surface area contributed by atoms with Crippen LogP contribution in [0.25, 0.3) is 5.69 Å². The maximum atomic E-state index is 5.86. The number of nitrogens with zero attached hydrogens (tertiary/aromatic N) is 3. The fourth-order valence-corrected chi connectivity index (χ4v) is 1.86. The number of hydrogen-bond acceptors (Lipinski definition) is 3. The molecule has 0 saturated heterocycles. The van der Waals surface area contributed by atoms with Crippen LogP contribution < -0.4 is 5.73 Å². The summed E-state index contributed by atoms with van der Waals surface area (Å²) in [5, 5.41) is 4.78. The average molecular weight is 237 g/mol. The van der Waals surface area contributed by atoms with Gasteiger partial charge < -0.3 is 5.73 Å². The van der Waals surface area contributed by atoms with E-state index in [-0.39, 0.29) is 0 Å². The second kappa shape index (κ2) is 4.23. The van der Waals surface area contributed by atoms with Crippen molar-refractivity contribution in [2.24, 2.45) is 5.73 Å². The van der Waals surface area contributed by atoms with Crippen molar-refractivity contribution in [1.82, 2.24) is 14.8 Å². The Balaban J connectivity index is 2.63. The molecule has 0 fully saturated rings. The molecule has 0 aromatic carbocycles. The van der Waals surface area contributed by atoms with Gasteiger partial charge in [-0.15, -0.1) is 0 Å². The number of aromatic nitrogens is 3. The van der Waals surface area contributed by atoms with Crippen molar-refractivity contribution < 1.29 is 0 Å². The summed E-state index contributed by atoms with van der Waals surface area (Å²) in [6.07, 6.45) is 3.36. The summed E-state index contributed by atoms with van der Waals surface area (Å²) < 4.78 is 1.73. The number of pyridine rings is 1. The third-order valence-corrected chi connectivity index (χ3v) is 2.63. The Hall–Kier alpha value is -1.39. The van der Waals surface area contributed by atoms with E-state index in [0.717, 1.165) is 22.6 Å². The average Bonchev–Trinajstić information content (AvgIpc) is 2.63. The molecule has 0 bridgehead atoms. The Morgan fingerprint density at radius 2 is 2.19 bits per heavy atom. The van der Waals surface area contributed by atoms with Crippen molar-refractivity contribution in [2.45, 2.75) is 20.4 Å². The largest absolute Gasteiger partial charge is 0.326 e. The molecule has 0 spiro atoms. The van der Waals surface area contributed by atoms with Gasteiger partial charge in [0.25, 0.3) is 0 Å². The molecule has 2 N–H and O–H groups in total. The van der Waals surface area contributed by atoms with Crippen LogP contribution in [0.2, 0.25) is 5.02 Å². The molecule has 0 aliphatic carbocycles. The zero-order chi connectivity index (χ0) is 11.7. The highest BCUT2D eigenvalue weighted by Crippen LogP contribution is 2.19. The lowest BCUT2D eigenvalue weighted by Gasteiger charge is -2.11. The molecular formula is C11H13ClN4. The van der Waals surface area contributed by atoms with Gasteiger partial charge in [-0.05, 0) is 19.9 Å². The molecule has 0 aliphatic heterocycles. The van der Waals surface area contributed by atoms with Crippen LogP contribution in [0.1, 0.15) is 17.0 Å². The zero-order valence-electron chi connectivity index (χ0n) is 9.24. The summed E-state index contributed by atoms with van der Waals surface area (Å²) in [6, 6.07) is 1.96. The van der Waals surface area contributed by atoms with Gasteiger partial charge in [-0.25, -0.2) is 4.68 Å². The summed E-state index contributed by atoms with van der Waals surface area (Å²) in [6.45, 7) is 4.33. The van der Waals surface area contributed by atoms with E-state index in [1.807, 2.05) is 19.9 Å². The number of halogens is 1. The molecule has 0 saturated carbocycles. The van der Waals surface area contributed by atoms with Crippen molar-refractivity contribution in [2.75, 3.05) is 0 Å². The molecule has 0 amide bonds. The van der Waals surface area contributed by atoms with E-state index in [2.05, 4.69) is 10.1 Å². The zero-order valence-corrected chi connectivity index (χ0v) is 9.99. The fourth-order valence-electron chi connectivity index (χ4n) is 1.72. The van der Waals surface area contributed by atoms with Crippen LogP contribution in [0.4, 0.5) is 0 Å². The lowest BCUT2D eigenvalue weighted by atomic mass is 10.1. The summed E-state index contributed by atoms with van der Waals surface area (Å²) in [5.41, 5.74) is 9.54. The van der Waals surface area contributed by atoms with Crippen molar-refractivity contribution in [3.63, 3.8) is 0 Å². The number of aryl methyl sites for hydroxylation is 2. The Morgan fingerprint density at radius 3 is 2.75 bits per heavy atom. The van der Waals surface area contributed by atoms with E-state index in [9.17, 15) is 0 Å². The monoisotopic (exact) mass is 236 g/mol. The minimum absolute atomic E-state index is 0.436. The fraction of sp³-hybridized carbons (Fsp3) is 0.273. The predicted molar refractivity (Wildman–Crippen MR) is 63.7 cm³/mol. The van der Waals surface area contributed by atoms with Crippen LogP contribution in [-0.4, -0.2) is 14.8 Å². The summed E-state index contributed by atoms with van der Waals surface area (Å²) >= 11 is 5.86. The first-order valence-electron chi connectivity index (χ1n) is 4.99. The third-order valence-electron chi connectivity index (χ3n) is 2.44. The van der Waals surface area contributed by atoms with Crippen molar-refractivity contribution in [3.8, 4) is 5.69 Å². The maximum absolute atomic E-state index is 5.86. The summed E-state index contributed by atoms with van der Waals surface area (Å²) in [5.74, 6) is 0. The lowest BCUT2D eigenvalue weighted by molar-refractivity contribution is 0.841. The first-order valence-corrected chi connectivity index (χ1v) is 5.37. The van der Waals surface area contributed by atoms with Crippen LogP contribution in [-0.2, 0) is 6.54 Å². The van der Waals surface area contributed by atoms with Crippen molar-refractivity contribution in [1.29, 1.82) is 0 Å². The molecule has 0 atom stereocenters. The Labute approximate surface area is 99.1 Å². The molecule has 84 valence electrons. The van der Waals surface area contributed by atoms with Gasteiger partial charge in [0.15, 0.2) is 0 Å². The third kappa shape index (κ3) is 1.94. The number of rotatable bonds is 2. The minimum atomic E-state index is 0.436. The molecule has 2 aromatic heterocycles. The van der Waals surface area contributed by atoms with Gasteiger partial charge in [0.1, 0.15) is 0 Å². The minimum Gasteiger partial charge on any atom is -0.326 e. The van der Waals surface area contributed by atoms with Gasteiger partial charge >= 0.3 is 0 Å². The second-order valence-corrected chi connectivity index (χ2v) is 4.09. The first kappa shape index (κ1) is 11.1. The normalized spacial score (nSPS) is 10.8. The van der Waals surface area contributed by atoms with Gasteiger partial charge in [0.05, 0.1) is 16.9 Å². The highest BCUT2D eigenvalue weighted by atomic mass is 35.5. The number of nitrogens with two attached hydrogens (primary N) is 1. The van der Waals surface area contributed by atoms with Crippen LogP contribution in [0.5, 0.6) is 0 Å². The molecule has 2 heterocycles. The SMILES string of the molecule is Cc1cc(-n2cc(Cl)cn2)c(CN)c(C)n1. The molecule has 2 aromatic rings. The molecule has 0 aliphatic rings. The topological polar surface area (TPSA) is 56.7 Å². The Morgan fingerprint density at radius 1 is 1.44 bits per heavy atom. The molecule has 5 heteroatoms. The molecule has 4 nitrogen and oxygen atoms in total. The van der Waals surface area contributed by atoms with Crippen LogP contribution in [0, 0.1) is 13.8 Å². The standard InChI is InChI=1S/C11H13ClN4/c1-7-3-11(10(4-13)8(2)15-7)16-6-9(12)5-14-16/h3,5-6H,4,13H2,1-2H3. The van der Waals surface area contributed by atoms with Gasteiger partial charge in [0, 0.05) is 29.7 Å². The molecule has 16 heavy (non-hydrogen) atoms. The van der Waals surface area contributed by atoms with Crippen LogP contribution in [0.15, 0.2) is 18.5 Å². The van der Waals surface area contributed by atoms with E-state index in [1.54, 1.807) is 17.1 Å². The van der Waals surface area contributed by atoms with Gasteiger partial charge in [0.2, 0.25) is 0 Å². The van der Waals surface area contributed by atoms with Gasteiger partial charge in [-0.3, -0.25) is 4.98 Å². The van der Waals surface area contributed by atoms with E-state index >= 15 is 0 Å². The van der Waals surface area contributed by atoms with E-state index in [1.165, 1.54) is 0 Å². The molecule has 0 radical (unpaired) electrons. The quantitative estimate of drug-likeness (QED) is 0.868. The first-order chi connectivity index (χ1) is 7.61. The number of hydrogen-bond donors (Lipinski definition) is 1. The highest BCUT2D eigenvalue weighted by Gasteiger charge is 2.09.